The molecule has 1 unspecified atom stereocenters. The van der Waals surface area contributed by atoms with E-state index in [1.54, 1.807) is 6.07 Å². The number of likely N-dealkylation sites (tertiary alicyclic amines) is 1. The highest BCUT2D eigenvalue weighted by atomic mass is 35.5. The number of carbonyl (C=O) groups excluding carboxylic acids is 2. The van der Waals surface area contributed by atoms with Gasteiger partial charge in [0.15, 0.2) is 0 Å². The minimum Gasteiger partial charge on any atom is -0.340 e. The van der Waals surface area contributed by atoms with Crippen LogP contribution in [0.15, 0.2) is 17.5 Å². The average Bonchev–Trinajstić information content (AvgIpc) is 3.17. The molecular formula is C16H24ClN3O2S. The van der Waals surface area contributed by atoms with E-state index in [0.717, 1.165) is 26.2 Å². The maximum Gasteiger partial charge on any atom is 0.262 e. The van der Waals surface area contributed by atoms with Gasteiger partial charge in [-0.05, 0) is 29.2 Å². The molecule has 0 radical (unpaired) electrons. The predicted octanol–water partition coefficient (Wildman–Crippen LogP) is 1.60. The van der Waals surface area contributed by atoms with Crippen LogP contribution in [0.5, 0.6) is 0 Å². The average molecular weight is 358 g/mol. The second-order valence-corrected chi connectivity index (χ2v) is 7.54. The number of nitrogens with zero attached hydrogens (tertiary/aromatic N) is 1. The van der Waals surface area contributed by atoms with Crippen LogP contribution in [-0.2, 0) is 4.79 Å². The largest absolute Gasteiger partial charge is 0.340 e. The van der Waals surface area contributed by atoms with Gasteiger partial charge in [-0.2, -0.15) is 0 Å². The molecule has 0 saturated carbocycles. The van der Waals surface area contributed by atoms with Crippen LogP contribution in [0.3, 0.4) is 0 Å². The van der Waals surface area contributed by atoms with E-state index in [0.29, 0.717) is 16.7 Å². The van der Waals surface area contributed by atoms with Gasteiger partial charge in [0.25, 0.3) is 5.91 Å². The Balaban J connectivity index is 0.00000192. The molecular weight excluding hydrogens is 334 g/mol. The van der Waals surface area contributed by atoms with Gasteiger partial charge in [-0.15, -0.1) is 23.7 Å². The fourth-order valence-corrected chi connectivity index (χ4v) is 3.99. The number of hydrogen-bond acceptors (Lipinski definition) is 4. The van der Waals surface area contributed by atoms with Crippen molar-refractivity contribution in [2.45, 2.75) is 19.9 Å². The molecule has 1 aromatic rings. The maximum atomic E-state index is 12.8. The number of thiophene rings is 1. The number of halogens is 1. The summed E-state index contributed by atoms with van der Waals surface area (Å²) in [5.74, 6) is 1.14. The van der Waals surface area contributed by atoms with Gasteiger partial charge in [-0.25, -0.2) is 0 Å². The van der Waals surface area contributed by atoms with Gasteiger partial charge in [0.05, 0.1) is 4.88 Å². The first kappa shape index (κ1) is 18.2. The first-order chi connectivity index (χ1) is 10.6. The summed E-state index contributed by atoms with van der Waals surface area (Å²) in [6.07, 6.45) is 0. The molecule has 0 aromatic carbocycles. The van der Waals surface area contributed by atoms with Crippen LogP contribution >= 0.6 is 23.7 Å². The van der Waals surface area contributed by atoms with Gasteiger partial charge >= 0.3 is 0 Å². The highest BCUT2D eigenvalue weighted by molar-refractivity contribution is 7.12. The molecule has 2 N–H and O–H groups in total. The van der Waals surface area contributed by atoms with Gasteiger partial charge in [-0.3, -0.25) is 9.59 Å². The lowest BCUT2D eigenvalue weighted by atomic mass is 10.0. The van der Waals surface area contributed by atoms with Crippen LogP contribution in [0.1, 0.15) is 23.5 Å². The molecule has 128 valence electrons. The van der Waals surface area contributed by atoms with Crippen LogP contribution in [-0.4, -0.2) is 48.9 Å². The Morgan fingerprint density at radius 3 is 2.48 bits per heavy atom. The standard InChI is InChI=1S/C16H23N3O2S.ClH/c1-10(2)14(18-15(20)13-4-3-5-22-13)16(21)19-8-11-6-17-7-12(11)9-19;/h3-5,10-12,14,17H,6-9H2,1-2H3,(H,18,20);1H/t11-,12+,14?;. The molecule has 2 fully saturated rings. The Morgan fingerprint density at radius 1 is 1.30 bits per heavy atom. The van der Waals surface area contributed by atoms with Crippen LogP contribution in [0.4, 0.5) is 0 Å². The molecule has 2 amide bonds. The number of amides is 2. The van der Waals surface area contributed by atoms with E-state index in [2.05, 4.69) is 10.6 Å². The van der Waals surface area contributed by atoms with E-state index in [9.17, 15) is 9.59 Å². The van der Waals surface area contributed by atoms with E-state index in [4.69, 9.17) is 0 Å². The molecule has 3 atom stereocenters. The Labute approximate surface area is 147 Å². The van der Waals surface area contributed by atoms with Gasteiger partial charge in [0, 0.05) is 26.2 Å². The molecule has 5 nitrogen and oxygen atoms in total. The predicted molar refractivity (Wildman–Crippen MR) is 94.1 cm³/mol. The fraction of sp³-hybridized carbons (Fsp3) is 0.625. The highest BCUT2D eigenvalue weighted by Gasteiger charge is 2.40. The van der Waals surface area contributed by atoms with E-state index in [1.807, 2.05) is 30.2 Å². The normalized spacial score (nSPS) is 24.2. The molecule has 23 heavy (non-hydrogen) atoms. The van der Waals surface area contributed by atoms with E-state index in [1.165, 1.54) is 11.3 Å². The van der Waals surface area contributed by atoms with Gasteiger partial charge in [0.1, 0.15) is 6.04 Å². The lowest BCUT2D eigenvalue weighted by Crippen LogP contribution is -2.51. The van der Waals surface area contributed by atoms with E-state index in [-0.39, 0.29) is 30.1 Å². The quantitative estimate of drug-likeness (QED) is 0.860. The van der Waals surface area contributed by atoms with Crippen LogP contribution in [0, 0.1) is 17.8 Å². The zero-order valence-corrected chi connectivity index (χ0v) is 15.1. The van der Waals surface area contributed by atoms with Crippen molar-refractivity contribution in [3.05, 3.63) is 22.4 Å². The number of fused-ring (bicyclic) bond motifs is 1. The van der Waals surface area contributed by atoms with Crippen LogP contribution in [0.2, 0.25) is 0 Å². The second-order valence-electron chi connectivity index (χ2n) is 6.59. The molecule has 0 aliphatic carbocycles. The van der Waals surface area contributed by atoms with Crippen molar-refractivity contribution < 1.29 is 9.59 Å². The molecule has 2 aliphatic rings. The molecule has 7 heteroatoms. The summed E-state index contributed by atoms with van der Waals surface area (Å²) in [6.45, 7) is 7.60. The summed E-state index contributed by atoms with van der Waals surface area (Å²) in [6, 6.07) is 3.19. The van der Waals surface area contributed by atoms with E-state index < -0.39 is 6.04 Å². The van der Waals surface area contributed by atoms with Crippen molar-refractivity contribution >= 4 is 35.6 Å². The zero-order chi connectivity index (χ0) is 15.7. The lowest BCUT2D eigenvalue weighted by molar-refractivity contribution is -0.133. The Morgan fingerprint density at radius 2 is 1.96 bits per heavy atom. The van der Waals surface area contributed by atoms with Crippen LogP contribution < -0.4 is 10.6 Å². The number of carbonyl (C=O) groups is 2. The Kier molecular flexibility index (Phi) is 6.06. The van der Waals surface area contributed by atoms with Crippen molar-refractivity contribution in [2.24, 2.45) is 17.8 Å². The summed E-state index contributed by atoms with van der Waals surface area (Å²) in [7, 11) is 0. The zero-order valence-electron chi connectivity index (χ0n) is 13.5. The third-order valence-electron chi connectivity index (χ3n) is 4.67. The van der Waals surface area contributed by atoms with Crippen molar-refractivity contribution in [2.75, 3.05) is 26.2 Å². The molecule has 0 bridgehead atoms. The SMILES string of the molecule is CC(C)C(NC(=O)c1cccs1)C(=O)N1C[C@H]2CNC[C@H]2C1.Cl. The minimum absolute atomic E-state index is 0. The maximum absolute atomic E-state index is 12.8. The number of nitrogens with one attached hydrogen (secondary N) is 2. The summed E-state index contributed by atoms with van der Waals surface area (Å²) < 4.78 is 0. The van der Waals surface area contributed by atoms with E-state index >= 15 is 0 Å². The molecule has 3 rings (SSSR count). The van der Waals surface area contributed by atoms with Crippen molar-refractivity contribution in [3.8, 4) is 0 Å². The third kappa shape index (κ3) is 3.87. The Hall–Kier alpha value is -1.11. The smallest absolute Gasteiger partial charge is 0.262 e. The molecule has 1 aromatic heterocycles. The van der Waals surface area contributed by atoms with Gasteiger partial charge in [0.2, 0.25) is 5.91 Å². The van der Waals surface area contributed by atoms with Crippen molar-refractivity contribution in [1.82, 2.24) is 15.5 Å². The molecule has 0 spiro atoms. The highest BCUT2D eigenvalue weighted by Crippen LogP contribution is 2.27. The summed E-state index contributed by atoms with van der Waals surface area (Å²) in [5.41, 5.74) is 0. The van der Waals surface area contributed by atoms with Gasteiger partial charge < -0.3 is 15.5 Å². The third-order valence-corrected chi connectivity index (χ3v) is 5.53. The summed E-state index contributed by atoms with van der Waals surface area (Å²) in [4.78, 5) is 27.7. The summed E-state index contributed by atoms with van der Waals surface area (Å²) in [5, 5.41) is 8.18. The monoisotopic (exact) mass is 357 g/mol. The Bertz CT molecular complexity index is 538. The first-order valence-electron chi connectivity index (χ1n) is 7.90. The van der Waals surface area contributed by atoms with Crippen molar-refractivity contribution in [1.29, 1.82) is 0 Å². The topological polar surface area (TPSA) is 61.4 Å². The van der Waals surface area contributed by atoms with Gasteiger partial charge in [-0.1, -0.05) is 19.9 Å². The number of hydrogen-bond donors (Lipinski definition) is 2. The molecule has 2 aliphatic heterocycles. The first-order valence-corrected chi connectivity index (χ1v) is 8.78. The second kappa shape index (κ2) is 7.64. The van der Waals surface area contributed by atoms with Crippen LogP contribution in [0.25, 0.3) is 0 Å². The molecule has 2 saturated heterocycles. The number of rotatable bonds is 4. The molecule has 3 heterocycles. The minimum atomic E-state index is -0.443. The summed E-state index contributed by atoms with van der Waals surface area (Å²) >= 11 is 1.40. The fourth-order valence-electron chi connectivity index (χ4n) is 3.37. The lowest BCUT2D eigenvalue weighted by Gasteiger charge is -2.27. The van der Waals surface area contributed by atoms with Crippen molar-refractivity contribution in [3.63, 3.8) is 0 Å².